The van der Waals surface area contributed by atoms with Gasteiger partial charge in [-0.3, -0.25) is 0 Å². The average molecular weight is 152 g/mol. The van der Waals surface area contributed by atoms with Gasteiger partial charge in [-0.1, -0.05) is 6.08 Å². The Morgan fingerprint density at radius 3 is 3.09 bits per heavy atom. The molecule has 0 saturated carbocycles. The van der Waals surface area contributed by atoms with Gasteiger partial charge in [0.1, 0.15) is 0 Å². The van der Waals surface area contributed by atoms with Crippen LogP contribution < -0.4 is 10.6 Å². The summed E-state index contributed by atoms with van der Waals surface area (Å²) in [5, 5.41) is 6.98. The first-order valence-electron chi connectivity index (χ1n) is 4.48. The number of fused-ring (bicyclic) bond motifs is 1. The van der Waals surface area contributed by atoms with Crippen LogP contribution in [0.3, 0.4) is 0 Å². The Morgan fingerprint density at radius 1 is 1.36 bits per heavy atom. The molecule has 0 spiro atoms. The van der Waals surface area contributed by atoms with E-state index in [1.54, 1.807) is 0 Å². The summed E-state index contributed by atoms with van der Waals surface area (Å²) in [5.74, 6) is 1.51. The van der Waals surface area contributed by atoms with Gasteiger partial charge in [0.25, 0.3) is 0 Å². The van der Waals surface area contributed by atoms with Crippen LogP contribution in [0.5, 0.6) is 0 Å². The van der Waals surface area contributed by atoms with Crippen LogP contribution in [0.4, 0.5) is 0 Å². The highest BCUT2D eigenvalue weighted by molar-refractivity contribution is 5.00. The van der Waals surface area contributed by atoms with Crippen molar-refractivity contribution in [1.82, 2.24) is 10.6 Å². The van der Waals surface area contributed by atoms with E-state index in [9.17, 15) is 0 Å². The lowest BCUT2D eigenvalue weighted by atomic mass is 9.87. The fourth-order valence-corrected chi connectivity index (χ4v) is 2.28. The van der Waals surface area contributed by atoms with Gasteiger partial charge in [-0.05, 0) is 24.8 Å². The minimum absolute atomic E-state index is 0.702. The van der Waals surface area contributed by atoms with E-state index in [4.69, 9.17) is 0 Å². The van der Waals surface area contributed by atoms with Crippen molar-refractivity contribution in [3.05, 3.63) is 12.7 Å². The Morgan fingerprint density at radius 2 is 2.27 bits per heavy atom. The number of piperidine rings is 1. The lowest BCUT2D eigenvalue weighted by Crippen LogP contribution is -2.42. The highest BCUT2D eigenvalue weighted by Gasteiger charge is 2.35. The fourth-order valence-electron chi connectivity index (χ4n) is 2.28. The molecule has 11 heavy (non-hydrogen) atoms. The number of rotatable bonds is 1. The predicted octanol–water partition coefficient (Wildman–Crippen LogP) is 0.370. The van der Waals surface area contributed by atoms with Crippen LogP contribution in [0.2, 0.25) is 0 Å². The van der Waals surface area contributed by atoms with Crippen molar-refractivity contribution >= 4 is 0 Å². The monoisotopic (exact) mass is 152 g/mol. The molecule has 2 aliphatic rings. The van der Waals surface area contributed by atoms with E-state index in [1.165, 1.54) is 19.5 Å². The topological polar surface area (TPSA) is 24.1 Å². The maximum atomic E-state index is 3.87. The van der Waals surface area contributed by atoms with Crippen LogP contribution in [0.1, 0.15) is 6.42 Å². The molecule has 2 N–H and O–H groups in total. The molecule has 2 rings (SSSR count). The van der Waals surface area contributed by atoms with Gasteiger partial charge in [-0.15, -0.1) is 6.58 Å². The smallest absolute Gasteiger partial charge is 0.0126 e. The standard InChI is InChI=1S/C9H16N2/c1-2-7-5-11-9-3-4-10-6-8(7)9/h2,7-11H,1,3-6H2. The molecule has 0 amide bonds. The molecule has 3 atom stereocenters. The third kappa shape index (κ3) is 1.21. The molecule has 2 fully saturated rings. The first-order chi connectivity index (χ1) is 5.42. The molecule has 0 aromatic carbocycles. The fraction of sp³-hybridized carbons (Fsp3) is 0.778. The molecule has 2 saturated heterocycles. The summed E-state index contributed by atoms with van der Waals surface area (Å²) in [6, 6.07) is 0.763. The van der Waals surface area contributed by atoms with Gasteiger partial charge >= 0.3 is 0 Å². The second-order valence-electron chi connectivity index (χ2n) is 3.57. The maximum absolute atomic E-state index is 3.87. The predicted molar refractivity (Wildman–Crippen MR) is 46.5 cm³/mol. The molecule has 0 aromatic rings. The van der Waals surface area contributed by atoms with Crippen LogP contribution >= 0.6 is 0 Å². The lowest BCUT2D eigenvalue weighted by molar-refractivity contribution is 0.317. The molecule has 0 bridgehead atoms. The van der Waals surface area contributed by atoms with Crippen molar-refractivity contribution in [3.63, 3.8) is 0 Å². The van der Waals surface area contributed by atoms with E-state index in [-0.39, 0.29) is 0 Å². The minimum atomic E-state index is 0.702. The zero-order valence-electron chi connectivity index (χ0n) is 6.84. The summed E-state index contributed by atoms with van der Waals surface area (Å²) in [6.45, 7) is 7.36. The zero-order valence-corrected chi connectivity index (χ0v) is 6.84. The second kappa shape index (κ2) is 2.95. The average Bonchev–Trinajstić information content (AvgIpc) is 2.47. The summed E-state index contributed by atoms with van der Waals surface area (Å²) in [5.41, 5.74) is 0. The molecular formula is C9H16N2. The third-order valence-electron chi connectivity index (χ3n) is 3.00. The molecule has 2 nitrogen and oxygen atoms in total. The van der Waals surface area contributed by atoms with E-state index < -0.39 is 0 Å². The van der Waals surface area contributed by atoms with Crippen molar-refractivity contribution in [2.45, 2.75) is 12.5 Å². The van der Waals surface area contributed by atoms with Gasteiger partial charge in [0.15, 0.2) is 0 Å². The van der Waals surface area contributed by atoms with Gasteiger partial charge in [0.2, 0.25) is 0 Å². The Hall–Kier alpha value is -0.340. The Kier molecular flexibility index (Phi) is 1.96. The normalized spacial score (nSPS) is 43.5. The Balaban J connectivity index is 2.03. The van der Waals surface area contributed by atoms with Crippen LogP contribution in [-0.2, 0) is 0 Å². The molecule has 2 aliphatic heterocycles. The number of hydrogen-bond acceptors (Lipinski definition) is 2. The van der Waals surface area contributed by atoms with Crippen LogP contribution in [0.15, 0.2) is 12.7 Å². The van der Waals surface area contributed by atoms with Gasteiger partial charge in [0.05, 0.1) is 0 Å². The largest absolute Gasteiger partial charge is 0.316 e. The summed E-state index contributed by atoms with van der Waals surface area (Å²) >= 11 is 0. The second-order valence-corrected chi connectivity index (χ2v) is 3.57. The molecule has 0 aliphatic carbocycles. The van der Waals surface area contributed by atoms with Crippen molar-refractivity contribution in [3.8, 4) is 0 Å². The van der Waals surface area contributed by atoms with Gasteiger partial charge in [-0.2, -0.15) is 0 Å². The molecule has 62 valence electrons. The van der Waals surface area contributed by atoms with Crippen molar-refractivity contribution < 1.29 is 0 Å². The molecule has 0 radical (unpaired) electrons. The van der Waals surface area contributed by atoms with E-state index in [0.29, 0.717) is 5.92 Å². The molecule has 0 aromatic heterocycles. The number of nitrogens with one attached hydrogen (secondary N) is 2. The third-order valence-corrected chi connectivity index (χ3v) is 3.00. The van der Waals surface area contributed by atoms with Crippen LogP contribution in [-0.4, -0.2) is 25.7 Å². The van der Waals surface area contributed by atoms with Crippen LogP contribution in [0.25, 0.3) is 0 Å². The number of hydrogen-bond donors (Lipinski definition) is 2. The summed E-state index contributed by atoms with van der Waals surface area (Å²) < 4.78 is 0. The molecule has 2 heteroatoms. The van der Waals surface area contributed by atoms with E-state index in [1.807, 2.05) is 0 Å². The van der Waals surface area contributed by atoms with Crippen molar-refractivity contribution in [2.75, 3.05) is 19.6 Å². The highest BCUT2D eigenvalue weighted by Crippen LogP contribution is 2.26. The molecular weight excluding hydrogens is 136 g/mol. The Bertz CT molecular complexity index is 156. The van der Waals surface area contributed by atoms with Gasteiger partial charge < -0.3 is 10.6 Å². The minimum Gasteiger partial charge on any atom is -0.316 e. The zero-order chi connectivity index (χ0) is 7.68. The van der Waals surface area contributed by atoms with Gasteiger partial charge in [0, 0.05) is 19.1 Å². The van der Waals surface area contributed by atoms with E-state index in [0.717, 1.165) is 18.5 Å². The summed E-state index contributed by atoms with van der Waals surface area (Å²) in [4.78, 5) is 0. The van der Waals surface area contributed by atoms with E-state index >= 15 is 0 Å². The van der Waals surface area contributed by atoms with E-state index in [2.05, 4.69) is 23.3 Å². The first-order valence-corrected chi connectivity index (χ1v) is 4.48. The van der Waals surface area contributed by atoms with Crippen LogP contribution in [0, 0.1) is 11.8 Å². The highest BCUT2D eigenvalue weighted by atomic mass is 15.0. The Labute approximate surface area is 68.1 Å². The van der Waals surface area contributed by atoms with Gasteiger partial charge in [-0.25, -0.2) is 0 Å². The lowest BCUT2D eigenvalue weighted by Gasteiger charge is -2.27. The molecule has 2 heterocycles. The van der Waals surface area contributed by atoms with Crippen molar-refractivity contribution in [1.29, 1.82) is 0 Å². The summed E-state index contributed by atoms with van der Waals surface area (Å²) in [6.07, 6.45) is 3.39. The van der Waals surface area contributed by atoms with Crippen molar-refractivity contribution in [2.24, 2.45) is 11.8 Å². The SMILES string of the molecule is C=CC1CNC2CCNCC12. The quantitative estimate of drug-likeness (QED) is 0.530. The molecule has 3 unspecified atom stereocenters. The summed E-state index contributed by atoms with van der Waals surface area (Å²) in [7, 11) is 0. The maximum Gasteiger partial charge on any atom is 0.0126 e. The first kappa shape index (κ1) is 7.32.